The van der Waals surface area contributed by atoms with Crippen molar-refractivity contribution < 1.29 is 23.8 Å². The number of hydrogen-bond donors (Lipinski definition) is 1. The van der Waals surface area contributed by atoms with Gasteiger partial charge in [0.05, 0.1) is 19.3 Å². The standard InChI is InChI=1S/C26H31NO5/c1-3-17-31-23-15-9-19(18-24(23)30-2)10-16-25(28)27-21-13-11-20(12-14-21)26(29)32-22-7-5-4-6-8-22/h9-16,18,22H,3-8,17H2,1-2H3,(H,27,28)/b16-10+. The number of methoxy groups -OCH3 is 1. The molecule has 6 heteroatoms. The topological polar surface area (TPSA) is 73.9 Å². The van der Waals surface area contributed by atoms with Crippen LogP contribution in [0.2, 0.25) is 0 Å². The first-order valence-electron chi connectivity index (χ1n) is 11.2. The molecule has 1 aliphatic carbocycles. The average molecular weight is 438 g/mol. The van der Waals surface area contributed by atoms with Crippen LogP contribution < -0.4 is 14.8 Å². The summed E-state index contributed by atoms with van der Waals surface area (Å²) in [4.78, 5) is 24.6. The van der Waals surface area contributed by atoms with Crippen LogP contribution in [0.4, 0.5) is 5.69 Å². The highest BCUT2D eigenvalue weighted by atomic mass is 16.5. The normalized spacial score (nSPS) is 14.2. The van der Waals surface area contributed by atoms with Gasteiger partial charge in [0.15, 0.2) is 11.5 Å². The van der Waals surface area contributed by atoms with E-state index in [4.69, 9.17) is 14.2 Å². The zero-order valence-corrected chi connectivity index (χ0v) is 18.8. The summed E-state index contributed by atoms with van der Waals surface area (Å²) >= 11 is 0. The third kappa shape index (κ3) is 6.87. The molecular formula is C26H31NO5. The third-order valence-corrected chi connectivity index (χ3v) is 5.29. The number of carbonyl (C=O) groups excluding carboxylic acids is 2. The van der Waals surface area contributed by atoms with Gasteiger partial charge in [0.2, 0.25) is 5.91 Å². The average Bonchev–Trinajstić information content (AvgIpc) is 2.82. The van der Waals surface area contributed by atoms with Crippen molar-refractivity contribution in [3.05, 3.63) is 59.7 Å². The highest BCUT2D eigenvalue weighted by Crippen LogP contribution is 2.28. The minimum absolute atomic E-state index is 0.0201. The van der Waals surface area contributed by atoms with Crippen LogP contribution in [0.1, 0.15) is 61.4 Å². The van der Waals surface area contributed by atoms with Crippen molar-refractivity contribution in [2.24, 2.45) is 0 Å². The van der Waals surface area contributed by atoms with Crippen LogP contribution in [0, 0.1) is 0 Å². The molecule has 32 heavy (non-hydrogen) atoms. The molecule has 1 saturated carbocycles. The molecule has 0 aliphatic heterocycles. The lowest BCUT2D eigenvalue weighted by Crippen LogP contribution is -2.20. The number of esters is 1. The fraction of sp³-hybridized carbons (Fsp3) is 0.385. The van der Waals surface area contributed by atoms with Crippen LogP contribution >= 0.6 is 0 Å². The maximum Gasteiger partial charge on any atom is 0.338 e. The summed E-state index contributed by atoms with van der Waals surface area (Å²) in [5.74, 6) is 0.720. The van der Waals surface area contributed by atoms with E-state index in [1.807, 2.05) is 25.1 Å². The van der Waals surface area contributed by atoms with Gasteiger partial charge in [0, 0.05) is 11.8 Å². The van der Waals surface area contributed by atoms with Crippen LogP contribution in [0.5, 0.6) is 11.5 Å². The quantitative estimate of drug-likeness (QED) is 0.407. The van der Waals surface area contributed by atoms with Gasteiger partial charge in [-0.25, -0.2) is 4.79 Å². The highest BCUT2D eigenvalue weighted by molar-refractivity contribution is 6.02. The van der Waals surface area contributed by atoms with Crippen molar-refractivity contribution in [3.63, 3.8) is 0 Å². The van der Waals surface area contributed by atoms with E-state index in [-0.39, 0.29) is 18.0 Å². The summed E-state index contributed by atoms with van der Waals surface area (Å²) in [5, 5.41) is 2.79. The summed E-state index contributed by atoms with van der Waals surface area (Å²) in [5.41, 5.74) is 1.91. The minimum Gasteiger partial charge on any atom is -0.493 e. The second-order valence-electron chi connectivity index (χ2n) is 7.82. The van der Waals surface area contributed by atoms with Gasteiger partial charge in [-0.3, -0.25) is 4.79 Å². The number of hydrogen-bond acceptors (Lipinski definition) is 5. The van der Waals surface area contributed by atoms with E-state index >= 15 is 0 Å². The molecule has 0 radical (unpaired) electrons. The summed E-state index contributed by atoms with van der Waals surface area (Å²) in [6.07, 6.45) is 9.39. The fourth-order valence-corrected chi connectivity index (χ4v) is 3.57. The first-order chi connectivity index (χ1) is 15.6. The van der Waals surface area contributed by atoms with Crippen LogP contribution in [0.25, 0.3) is 6.08 Å². The first-order valence-corrected chi connectivity index (χ1v) is 11.2. The number of carbonyl (C=O) groups is 2. The Balaban J connectivity index is 1.54. The Morgan fingerprint density at radius 2 is 1.78 bits per heavy atom. The van der Waals surface area contributed by atoms with E-state index < -0.39 is 0 Å². The SMILES string of the molecule is CCCOc1ccc(/C=C/C(=O)Nc2ccc(C(=O)OC3CCCCC3)cc2)cc1OC. The first kappa shape index (κ1) is 23.4. The molecule has 1 aliphatic rings. The van der Waals surface area contributed by atoms with Crippen LogP contribution in [-0.2, 0) is 9.53 Å². The molecule has 0 bridgehead atoms. The third-order valence-electron chi connectivity index (χ3n) is 5.29. The van der Waals surface area contributed by atoms with Crippen LogP contribution in [0.3, 0.4) is 0 Å². The predicted octanol–water partition coefficient (Wildman–Crippen LogP) is 5.63. The van der Waals surface area contributed by atoms with Gasteiger partial charge in [-0.15, -0.1) is 0 Å². The zero-order valence-electron chi connectivity index (χ0n) is 18.8. The molecule has 0 spiro atoms. The summed E-state index contributed by atoms with van der Waals surface area (Å²) in [6.45, 7) is 2.66. The number of amides is 1. The molecule has 1 amide bonds. The second-order valence-corrected chi connectivity index (χ2v) is 7.82. The lowest BCUT2D eigenvalue weighted by molar-refractivity contribution is -0.111. The van der Waals surface area contributed by atoms with Crippen molar-refractivity contribution in [2.75, 3.05) is 19.0 Å². The van der Waals surface area contributed by atoms with Crippen molar-refractivity contribution in [3.8, 4) is 11.5 Å². The van der Waals surface area contributed by atoms with Crippen LogP contribution in [0.15, 0.2) is 48.5 Å². The van der Waals surface area contributed by atoms with Gasteiger partial charge in [0.1, 0.15) is 6.10 Å². The molecule has 0 unspecified atom stereocenters. The lowest BCUT2D eigenvalue weighted by Gasteiger charge is -2.21. The molecule has 2 aromatic carbocycles. The maximum absolute atomic E-state index is 12.3. The van der Waals surface area contributed by atoms with Gasteiger partial charge in [-0.1, -0.05) is 19.4 Å². The smallest absolute Gasteiger partial charge is 0.338 e. The second kappa shape index (κ2) is 11.9. The number of anilines is 1. The molecule has 0 saturated heterocycles. The number of nitrogens with one attached hydrogen (secondary N) is 1. The van der Waals surface area contributed by atoms with Gasteiger partial charge < -0.3 is 19.5 Å². The maximum atomic E-state index is 12.3. The Morgan fingerprint density at radius 3 is 2.47 bits per heavy atom. The molecule has 0 atom stereocenters. The van der Waals surface area contributed by atoms with E-state index in [0.29, 0.717) is 29.4 Å². The Labute approximate surface area is 189 Å². The largest absolute Gasteiger partial charge is 0.493 e. The zero-order chi connectivity index (χ0) is 22.8. The Bertz CT molecular complexity index is 930. The van der Waals surface area contributed by atoms with Crippen molar-refractivity contribution in [2.45, 2.75) is 51.6 Å². The molecule has 0 heterocycles. The molecular weight excluding hydrogens is 406 g/mol. The Hall–Kier alpha value is -3.28. The van der Waals surface area contributed by atoms with Crippen molar-refractivity contribution in [1.82, 2.24) is 0 Å². The molecule has 2 aromatic rings. The molecule has 1 fully saturated rings. The number of rotatable bonds is 9. The fourth-order valence-electron chi connectivity index (χ4n) is 3.57. The summed E-state index contributed by atoms with van der Waals surface area (Å²) in [7, 11) is 1.59. The molecule has 6 nitrogen and oxygen atoms in total. The van der Waals surface area contributed by atoms with Gasteiger partial charge in [0.25, 0.3) is 0 Å². The highest BCUT2D eigenvalue weighted by Gasteiger charge is 2.18. The van der Waals surface area contributed by atoms with Crippen molar-refractivity contribution >= 4 is 23.6 Å². The number of benzene rings is 2. The van der Waals surface area contributed by atoms with Gasteiger partial charge in [-0.2, -0.15) is 0 Å². The van der Waals surface area contributed by atoms with Crippen molar-refractivity contribution in [1.29, 1.82) is 0 Å². The molecule has 170 valence electrons. The summed E-state index contributed by atoms with van der Waals surface area (Å²) in [6, 6.07) is 12.3. The van der Waals surface area contributed by atoms with E-state index in [9.17, 15) is 9.59 Å². The van der Waals surface area contributed by atoms with Gasteiger partial charge >= 0.3 is 5.97 Å². The van der Waals surface area contributed by atoms with Crippen LogP contribution in [-0.4, -0.2) is 31.7 Å². The molecule has 1 N–H and O–H groups in total. The monoisotopic (exact) mass is 437 g/mol. The van der Waals surface area contributed by atoms with Gasteiger partial charge in [-0.05, 0) is 80.1 Å². The minimum atomic E-state index is -0.310. The predicted molar refractivity (Wildman–Crippen MR) is 125 cm³/mol. The van der Waals surface area contributed by atoms with E-state index in [1.165, 1.54) is 12.5 Å². The van der Waals surface area contributed by atoms with E-state index in [0.717, 1.165) is 37.7 Å². The Morgan fingerprint density at radius 1 is 1.03 bits per heavy atom. The number of ether oxygens (including phenoxy) is 3. The molecule has 0 aromatic heterocycles. The van der Waals surface area contributed by atoms with E-state index in [1.54, 1.807) is 37.5 Å². The molecule has 3 rings (SSSR count). The Kier molecular flexibility index (Phi) is 8.72. The lowest BCUT2D eigenvalue weighted by atomic mass is 9.98. The summed E-state index contributed by atoms with van der Waals surface area (Å²) < 4.78 is 16.6. The van der Waals surface area contributed by atoms with E-state index in [2.05, 4.69) is 5.32 Å².